The van der Waals surface area contributed by atoms with Crippen molar-refractivity contribution < 1.29 is 13.9 Å². The van der Waals surface area contributed by atoms with Crippen molar-refractivity contribution in [1.29, 1.82) is 0 Å². The second-order valence-corrected chi connectivity index (χ2v) is 8.93. The highest BCUT2D eigenvalue weighted by Gasteiger charge is 2.22. The molecule has 0 spiro atoms. The summed E-state index contributed by atoms with van der Waals surface area (Å²) in [5, 5.41) is 0.765. The number of halogens is 2. The number of ether oxygens (including phenoxy) is 1. The number of piperazine rings is 1. The van der Waals surface area contributed by atoms with E-state index in [-0.39, 0.29) is 11.7 Å². The van der Waals surface area contributed by atoms with Gasteiger partial charge in [-0.15, -0.1) is 0 Å². The minimum absolute atomic E-state index is 0.0489. The molecule has 0 radical (unpaired) electrons. The first-order chi connectivity index (χ1) is 15.9. The van der Waals surface area contributed by atoms with Gasteiger partial charge in [0.15, 0.2) is 0 Å². The standard InChI is InChI=1S/C27H28ClFN2O2/c1-19-15-25(16-20(2)26(19)28)33-18-22-3-7-23(8-4-22)27(32)31-13-11-30(12-14-31)17-21-5-9-24(29)10-6-21/h3-10,15-16H,11-14,17-18H2,1-2H3. The number of hydrogen-bond donors (Lipinski definition) is 0. The van der Waals surface area contributed by atoms with E-state index in [4.69, 9.17) is 16.3 Å². The number of rotatable bonds is 6. The van der Waals surface area contributed by atoms with E-state index in [2.05, 4.69) is 4.90 Å². The molecule has 1 aliphatic heterocycles. The second-order valence-electron chi connectivity index (χ2n) is 8.55. The third-order valence-electron chi connectivity index (χ3n) is 6.00. The summed E-state index contributed by atoms with van der Waals surface area (Å²) in [6.45, 7) is 8.08. The molecule has 0 saturated carbocycles. The predicted molar refractivity (Wildman–Crippen MR) is 129 cm³/mol. The van der Waals surface area contributed by atoms with E-state index >= 15 is 0 Å². The molecule has 0 unspecified atom stereocenters. The van der Waals surface area contributed by atoms with E-state index < -0.39 is 0 Å². The van der Waals surface area contributed by atoms with Crippen LogP contribution in [0.4, 0.5) is 4.39 Å². The van der Waals surface area contributed by atoms with Crippen LogP contribution in [0.15, 0.2) is 60.7 Å². The number of benzene rings is 3. The van der Waals surface area contributed by atoms with Crippen molar-refractivity contribution in [3.63, 3.8) is 0 Å². The fourth-order valence-corrected chi connectivity index (χ4v) is 4.15. The number of aryl methyl sites for hydroxylation is 2. The zero-order valence-corrected chi connectivity index (χ0v) is 19.7. The van der Waals surface area contributed by atoms with Gasteiger partial charge in [-0.1, -0.05) is 35.9 Å². The van der Waals surface area contributed by atoms with E-state index in [0.29, 0.717) is 25.3 Å². The highest BCUT2D eigenvalue weighted by molar-refractivity contribution is 6.32. The molecular weight excluding hydrogens is 439 g/mol. The lowest BCUT2D eigenvalue weighted by molar-refractivity contribution is 0.0628. The van der Waals surface area contributed by atoms with Gasteiger partial charge in [0.25, 0.3) is 5.91 Å². The van der Waals surface area contributed by atoms with Crippen LogP contribution < -0.4 is 4.74 Å². The maximum atomic E-state index is 13.1. The van der Waals surface area contributed by atoms with E-state index in [1.165, 1.54) is 12.1 Å². The third kappa shape index (κ3) is 5.92. The topological polar surface area (TPSA) is 32.8 Å². The molecule has 1 saturated heterocycles. The smallest absolute Gasteiger partial charge is 0.253 e. The summed E-state index contributed by atoms with van der Waals surface area (Å²) in [4.78, 5) is 17.1. The Morgan fingerprint density at radius 2 is 1.48 bits per heavy atom. The summed E-state index contributed by atoms with van der Waals surface area (Å²) in [5.74, 6) is 0.614. The Morgan fingerprint density at radius 3 is 2.09 bits per heavy atom. The molecular formula is C27H28ClFN2O2. The van der Waals surface area contributed by atoms with Crippen LogP contribution in [0.1, 0.15) is 32.6 Å². The summed E-state index contributed by atoms with van der Waals surface area (Å²) >= 11 is 6.22. The van der Waals surface area contributed by atoms with Gasteiger partial charge in [0, 0.05) is 43.3 Å². The Bertz CT molecular complexity index is 1080. The zero-order chi connectivity index (χ0) is 23.4. The van der Waals surface area contributed by atoms with E-state index in [1.54, 1.807) is 0 Å². The minimum Gasteiger partial charge on any atom is -0.489 e. The van der Waals surface area contributed by atoms with Gasteiger partial charge in [0.1, 0.15) is 18.2 Å². The third-order valence-corrected chi connectivity index (χ3v) is 6.59. The Kier molecular flexibility index (Phi) is 7.31. The van der Waals surface area contributed by atoms with Crippen LogP contribution in [0, 0.1) is 19.7 Å². The summed E-state index contributed by atoms with van der Waals surface area (Å²) in [6.07, 6.45) is 0. The molecule has 0 N–H and O–H groups in total. The van der Waals surface area contributed by atoms with Gasteiger partial charge in [-0.2, -0.15) is 0 Å². The van der Waals surface area contributed by atoms with Crippen molar-refractivity contribution in [2.45, 2.75) is 27.0 Å². The van der Waals surface area contributed by atoms with Crippen LogP contribution in [0.25, 0.3) is 0 Å². The van der Waals surface area contributed by atoms with Crippen molar-refractivity contribution in [2.75, 3.05) is 26.2 Å². The quantitative estimate of drug-likeness (QED) is 0.471. The van der Waals surface area contributed by atoms with Crippen LogP contribution in [0.5, 0.6) is 5.75 Å². The van der Waals surface area contributed by atoms with E-state index in [1.807, 2.05) is 67.3 Å². The molecule has 0 aliphatic carbocycles. The molecule has 3 aromatic carbocycles. The molecule has 6 heteroatoms. The lowest BCUT2D eigenvalue weighted by Crippen LogP contribution is -2.48. The second kappa shape index (κ2) is 10.4. The van der Waals surface area contributed by atoms with Gasteiger partial charge in [0.05, 0.1) is 0 Å². The van der Waals surface area contributed by atoms with Gasteiger partial charge in [-0.3, -0.25) is 9.69 Å². The normalized spacial score (nSPS) is 14.4. The Morgan fingerprint density at radius 1 is 0.909 bits per heavy atom. The summed E-state index contributed by atoms with van der Waals surface area (Å²) in [7, 11) is 0. The summed E-state index contributed by atoms with van der Waals surface area (Å²) in [5.41, 5.74) is 4.75. The van der Waals surface area contributed by atoms with E-state index in [9.17, 15) is 9.18 Å². The first kappa shape index (κ1) is 23.3. The largest absolute Gasteiger partial charge is 0.489 e. The van der Waals surface area contributed by atoms with Gasteiger partial charge in [0.2, 0.25) is 0 Å². The number of hydrogen-bond acceptors (Lipinski definition) is 3. The molecule has 4 rings (SSSR count). The predicted octanol–water partition coefficient (Wildman–Crippen LogP) is 5.63. The van der Waals surface area contributed by atoms with Crippen molar-refractivity contribution in [2.24, 2.45) is 0 Å². The fraction of sp³-hybridized carbons (Fsp3) is 0.296. The molecule has 0 atom stereocenters. The maximum absolute atomic E-state index is 13.1. The highest BCUT2D eigenvalue weighted by atomic mass is 35.5. The highest BCUT2D eigenvalue weighted by Crippen LogP contribution is 2.26. The first-order valence-electron chi connectivity index (χ1n) is 11.1. The molecule has 1 amide bonds. The first-order valence-corrected chi connectivity index (χ1v) is 11.5. The van der Waals surface area contributed by atoms with Crippen molar-refractivity contribution in [3.05, 3.63) is 99.3 Å². The molecule has 172 valence electrons. The average Bonchev–Trinajstić information content (AvgIpc) is 2.83. The molecule has 0 bridgehead atoms. The zero-order valence-electron chi connectivity index (χ0n) is 19.0. The van der Waals surface area contributed by atoms with Gasteiger partial charge < -0.3 is 9.64 Å². The lowest BCUT2D eigenvalue weighted by Gasteiger charge is -2.34. The molecule has 33 heavy (non-hydrogen) atoms. The van der Waals surface area contributed by atoms with Crippen LogP contribution >= 0.6 is 11.6 Å². The SMILES string of the molecule is Cc1cc(OCc2ccc(C(=O)N3CCN(Cc4ccc(F)cc4)CC3)cc2)cc(C)c1Cl. The summed E-state index contributed by atoms with van der Waals surface area (Å²) in [6, 6.07) is 18.1. The molecule has 4 nitrogen and oxygen atoms in total. The van der Waals surface area contributed by atoms with Crippen molar-refractivity contribution in [3.8, 4) is 5.75 Å². The molecule has 0 aromatic heterocycles. The number of nitrogens with zero attached hydrogens (tertiary/aromatic N) is 2. The lowest BCUT2D eigenvalue weighted by atomic mass is 10.1. The van der Waals surface area contributed by atoms with Crippen LogP contribution in [0.2, 0.25) is 5.02 Å². The maximum Gasteiger partial charge on any atom is 0.253 e. The van der Waals surface area contributed by atoms with Crippen molar-refractivity contribution in [1.82, 2.24) is 9.80 Å². The van der Waals surface area contributed by atoms with E-state index in [0.717, 1.165) is 52.7 Å². The van der Waals surface area contributed by atoms with Gasteiger partial charge >= 0.3 is 0 Å². The molecule has 1 heterocycles. The Labute approximate surface area is 199 Å². The molecule has 3 aromatic rings. The molecule has 1 fully saturated rings. The van der Waals surface area contributed by atoms with Crippen LogP contribution in [-0.4, -0.2) is 41.9 Å². The van der Waals surface area contributed by atoms with Gasteiger partial charge in [-0.25, -0.2) is 4.39 Å². The van der Waals surface area contributed by atoms with Gasteiger partial charge in [-0.05, 0) is 72.5 Å². The number of carbonyl (C=O) groups excluding carboxylic acids is 1. The summed E-state index contributed by atoms with van der Waals surface area (Å²) < 4.78 is 19.0. The van der Waals surface area contributed by atoms with Crippen LogP contribution in [0.3, 0.4) is 0 Å². The number of carbonyl (C=O) groups is 1. The Hall–Kier alpha value is -2.89. The molecule has 1 aliphatic rings. The van der Waals surface area contributed by atoms with Crippen molar-refractivity contribution >= 4 is 17.5 Å². The fourth-order valence-electron chi connectivity index (χ4n) is 4.04. The van der Waals surface area contributed by atoms with Crippen LogP contribution in [-0.2, 0) is 13.2 Å². The Balaban J connectivity index is 1.28. The minimum atomic E-state index is -0.220. The monoisotopic (exact) mass is 466 g/mol. The average molecular weight is 467 g/mol. The number of amides is 1.